The molecule has 0 saturated carbocycles. The summed E-state index contributed by atoms with van der Waals surface area (Å²) in [5.74, 6) is -2.45. The molecular weight excluding hydrogens is 358 g/mol. The highest BCUT2D eigenvalue weighted by Gasteiger charge is 2.50. The van der Waals surface area contributed by atoms with Crippen LogP contribution in [0.1, 0.15) is 47.7 Å². The highest BCUT2D eigenvalue weighted by atomic mass is 16.5. The molecule has 0 aromatic heterocycles. The maximum Gasteiger partial charge on any atom is 0.329 e. The van der Waals surface area contributed by atoms with Gasteiger partial charge in [-0.3, -0.25) is 19.3 Å². The van der Waals surface area contributed by atoms with Crippen LogP contribution < -0.4 is 0 Å². The third kappa shape index (κ3) is 3.17. The molecule has 0 bridgehead atoms. The van der Waals surface area contributed by atoms with Crippen molar-refractivity contribution in [1.29, 1.82) is 0 Å². The summed E-state index contributed by atoms with van der Waals surface area (Å²) in [4.78, 5) is 50.9. The van der Waals surface area contributed by atoms with Gasteiger partial charge in [-0.05, 0) is 56.2 Å². The molecular formula is C22H23NO5. The average Bonchev–Trinajstić information content (AvgIpc) is 3.28. The number of ether oxygens (including phenoxy) is 1. The van der Waals surface area contributed by atoms with Gasteiger partial charge < -0.3 is 4.74 Å². The smallest absolute Gasteiger partial charge is 0.329 e. The first kappa shape index (κ1) is 18.6. The molecule has 4 rings (SSSR count). The van der Waals surface area contributed by atoms with Gasteiger partial charge in [-0.25, -0.2) is 4.79 Å². The van der Waals surface area contributed by atoms with Crippen LogP contribution in [-0.4, -0.2) is 41.1 Å². The summed E-state index contributed by atoms with van der Waals surface area (Å²) < 4.78 is 5.15. The quantitative estimate of drug-likeness (QED) is 0.338. The van der Waals surface area contributed by atoms with E-state index >= 15 is 0 Å². The first-order valence-electron chi connectivity index (χ1n) is 9.81. The van der Waals surface area contributed by atoms with Crippen LogP contribution in [0, 0.1) is 11.8 Å². The molecule has 146 valence electrons. The van der Waals surface area contributed by atoms with E-state index in [9.17, 15) is 19.2 Å². The zero-order valence-electron chi connectivity index (χ0n) is 15.8. The van der Waals surface area contributed by atoms with Crippen molar-refractivity contribution in [1.82, 2.24) is 4.90 Å². The topological polar surface area (TPSA) is 80.8 Å². The predicted molar refractivity (Wildman–Crippen MR) is 100 cm³/mol. The molecule has 1 fully saturated rings. The molecule has 6 nitrogen and oxygen atoms in total. The molecule has 2 amide bonds. The van der Waals surface area contributed by atoms with Gasteiger partial charge in [0.1, 0.15) is 6.04 Å². The molecule has 1 saturated heterocycles. The maximum absolute atomic E-state index is 12.6. The number of esters is 1. The zero-order valence-corrected chi connectivity index (χ0v) is 15.8. The van der Waals surface area contributed by atoms with Crippen LogP contribution in [0.3, 0.4) is 0 Å². The molecule has 1 aromatic carbocycles. The molecule has 1 aromatic rings. The molecule has 28 heavy (non-hydrogen) atoms. The SMILES string of the molecule is C[C@@H](C(=O)OCC(=O)c1ccc2c(c1)CCC2)N1C(=O)[C@H]2CC=CC[C@@H]2C1=O. The van der Waals surface area contributed by atoms with E-state index in [4.69, 9.17) is 4.74 Å². The summed E-state index contributed by atoms with van der Waals surface area (Å²) in [5.41, 5.74) is 2.96. The van der Waals surface area contributed by atoms with Crippen LogP contribution in [0.25, 0.3) is 0 Å². The Labute approximate surface area is 163 Å². The summed E-state index contributed by atoms with van der Waals surface area (Å²) in [7, 11) is 0. The molecule has 3 aliphatic rings. The minimum Gasteiger partial charge on any atom is -0.456 e. The van der Waals surface area contributed by atoms with Crippen molar-refractivity contribution in [3.05, 3.63) is 47.0 Å². The van der Waals surface area contributed by atoms with Crippen molar-refractivity contribution in [2.75, 3.05) is 6.61 Å². The van der Waals surface area contributed by atoms with Gasteiger partial charge in [0, 0.05) is 5.56 Å². The number of hydrogen-bond acceptors (Lipinski definition) is 5. The normalized spacial score (nSPS) is 24.1. The number of amides is 2. The van der Waals surface area contributed by atoms with Crippen molar-refractivity contribution >= 4 is 23.6 Å². The lowest BCUT2D eigenvalue weighted by atomic mass is 9.85. The predicted octanol–water partition coefficient (Wildman–Crippen LogP) is 2.24. The number of rotatable bonds is 5. The van der Waals surface area contributed by atoms with Crippen molar-refractivity contribution in [3.8, 4) is 0 Å². The number of hydrogen-bond donors (Lipinski definition) is 0. The van der Waals surface area contributed by atoms with E-state index in [0.29, 0.717) is 18.4 Å². The van der Waals surface area contributed by atoms with E-state index in [0.717, 1.165) is 24.2 Å². The lowest BCUT2D eigenvalue weighted by Gasteiger charge is -2.21. The third-order valence-electron chi connectivity index (χ3n) is 6.04. The number of imide groups is 1. The molecule has 6 heteroatoms. The van der Waals surface area contributed by atoms with Crippen LogP contribution in [0.15, 0.2) is 30.4 Å². The van der Waals surface area contributed by atoms with Gasteiger partial charge in [-0.1, -0.05) is 24.3 Å². The Kier molecular flexibility index (Phi) is 4.87. The fourth-order valence-corrected chi connectivity index (χ4v) is 4.40. The second-order valence-corrected chi connectivity index (χ2v) is 7.75. The van der Waals surface area contributed by atoms with Crippen LogP contribution in [0.4, 0.5) is 0 Å². The molecule has 0 spiro atoms. The number of ketones is 1. The number of likely N-dealkylation sites (tertiary alicyclic amines) is 1. The first-order valence-corrected chi connectivity index (χ1v) is 9.81. The lowest BCUT2D eigenvalue weighted by Crippen LogP contribution is -2.44. The standard InChI is InChI=1S/C22H23NO5/c1-13(23-20(25)17-7-2-3-8-18(17)21(23)26)22(27)28-12-19(24)16-10-9-14-5-4-6-15(14)11-16/h2-3,9-11,13,17-18H,4-8,12H2,1H3/t13-,17-,18-/m0/s1. The van der Waals surface area contributed by atoms with Crippen molar-refractivity contribution < 1.29 is 23.9 Å². The van der Waals surface area contributed by atoms with Gasteiger partial charge in [-0.15, -0.1) is 0 Å². The molecule has 0 N–H and O–H groups in total. The minimum absolute atomic E-state index is 0.285. The molecule has 3 atom stereocenters. The van der Waals surface area contributed by atoms with Crippen molar-refractivity contribution in [2.24, 2.45) is 11.8 Å². The maximum atomic E-state index is 12.6. The Morgan fingerprint density at radius 3 is 2.39 bits per heavy atom. The zero-order chi connectivity index (χ0) is 19.8. The van der Waals surface area contributed by atoms with Crippen LogP contribution in [0.2, 0.25) is 0 Å². The molecule has 0 radical (unpaired) electrons. The van der Waals surface area contributed by atoms with E-state index in [2.05, 4.69) is 0 Å². The summed E-state index contributed by atoms with van der Waals surface area (Å²) in [6, 6.07) is 4.55. The minimum atomic E-state index is -1.03. The third-order valence-corrected chi connectivity index (χ3v) is 6.04. The van der Waals surface area contributed by atoms with Gasteiger partial charge in [0.25, 0.3) is 0 Å². The van der Waals surface area contributed by atoms with E-state index in [1.807, 2.05) is 24.3 Å². The highest BCUT2D eigenvalue weighted by molar-refractivity contribution is 6.08. The van der Waals surface area contributed by atoms with Gasteiger partial charge in [-0.2, -0.15) is 0 Å². The van der Waals surface area contributed by atoms with Gasteiger partial charge in [0.15, 0.2) is 12.4 Å². The van der Waals surface area contributed by atoms with Gasteiger partial charge in [0.05, 0.1) is 11.8 Å². The summed E-state index contributed by atoms with van der Waals surface area (Å²) in [5, 5.41) is 0. The number of allylic oxidation sites excluding steroid dienone is 2. The number of carbonyl (C=O) groups is 4. The van der Waals surface area contributed by atoms with Crippen LogP contribution in [-0.2, 0) is 32.0 Å². The van der Waals surface area contributed by atoms with Crippen molar-refractivity contribution in [2.45, 2.75) is 45.1 Å². The fraction of sp³-hybridized carbons (Fsp3) is 0.455. The van der Waals surface area contributed by atoms with Crippen LogP contribution >= 0.6 is 0 Å². The molecule has 1 aliphatic heterocycles. The molecule has 2 aliphatic carbocycles. The second kappa shape index (κ2) is 7.34. The summed E-state index contributed by atoms with van der Waals surface area (Å²) in [6.07, 6.45) is 7.92. The van der Waals surface area contributed by atoms with E-state index in [-0.39, 0.29) is 29.4 Å². The van der Waals surface area contributed by atoms with E-state index in [1.165, 1.54) is 18.1 Å². The molecule has 1 heterocycles. The number of nitrogens with zero attached hydrogens (tertiary/aromatic N) is 1. The van der Waals surface area contributed by atoms with Crippen LogP contribution in [0.5, 0.6) is 0 Å². The highest BCUT2D eigenvalue weighted by Crippen LogP contribution is 2.36. The van der Waals surface area contributed by atoms with E-state index in [1.54, 1.807) is 6.07 Å². The Bertz CT molecular complexity index is 861. The Morgan fingerprint density at radius 2 is 1.71 bits per heavy atom. The van der Waals surface area contributed by atoms with Gasteiger partial charge >= 0.3 is 5.97 Å². The van der Waals surface area contributed by atoms with E-state index < -0.39 is 18.6 Å². The van der Waals surface area contributed by atoms with Crippen molar-refractivity contribution in [3.63, 3.8) is 0 Å². The second-order valence-electron chi connectivity index (χ2n) is 7.75. The lowest BCUT2D eigenvalue weighted by molar-refractivity contribution is -0.157. The molecule has 0 unspecified atom stereocenters. The number of Topliss-reactive ketones (excluding diaryl/α,β-unsaturated/α-hetero) is 1. The first-order chi connectivity index (χ1) is 13.5. The number of aryl methyl sites for hydroxylation is 2. The Morgan fingerprint density at radius 1 is 1.07 bits per heavy atom. The fourth-order valence-electron chi connectivity index (χ4n) is 4.40. The number of carbonyl (C=O) groups excluding carboxylic acids is 4. The summed E-state index contributed by atoms with van der Waals surface area (Å²) >= 11 is 0. The summed E-state index contributed by atoms with van der Waals surface area (Å²) in [6.45, 7) is 1.08. The largest absolute Gasteiger partial charge is 0.456 e. The number of benzene rings is 1. The van der Waals surface area contributed by atoms with Gasteiger partial charge in [0.2, 0.25) is 11.8 Å². The Balaban J connectivity index is 1.38. The Hall–Kier alpha value is -2.76. The average molecular weight is 381 g/mol. The number of fused-ring (bicyclic) bond motifs is 2. The monoisotopic (exact) mass is 381 g/mol.